The van der Waals surface area contributed by atoms with Gasteiger partial charge in [0.2, 0.25) is 10.0 Å². The summed E-state index contributed by atoms with van der Waals surface area (Å²) in [5.74, 6) is 0. The molecule has 0 fully saturated rings. The Kier molecular flexibility index (Phi) is 6.78. The fourth-order valence-corrected chi connectivity index (χ4v) is 2.96. The molecule has 2 atom stereocenters. The van der Waals surface area contributed by atoms with Crippen LogP contribution in [0.15, 0.2) is 0 Å². The number of hydrogen-bond acceptors (Lipinski definition) is 4. The molecule has 0 aromatic carbocycles. The molecule has 0 amide bonds. The Labute approximate surface area is 112 Å². The molecule has 0 saturated heterocycles. The second kappa shape index (κ2) is 6.84. The first-order valence-electron chi connectivity index (χ1n) is 6.18. The fourth-order valence-electron chi connectivity index (χ4n) is 1.57. The minimum absolute atomic E-state index is 0.0383. The number of hydrogen-bond donors (Lipinski definition) is 0. The van der Waals surface area contributed by atoms with E-state index in [2.05, 4.69) is 0 Å². The number of nitrogens with zero attached hydrogens (tertiary/aromatic N) is 1. The van der Waals surface area contributed by atoms with Gasteiger partial charge in [-0.05, 0) is 34.1 Å². The zero-order valence-corrected chi connectivity index (χ0v) is 13.4. The van der Waals surface area contributed by atoms with Crippen LogP contribution in [0.5, 0.6) is 0 Å². The molecule has 0 spiro atoms. The third-order valence-corrected chi connectivity index (χ3v) is 4.18. The van der Waals surface area contributed by atoms with E-state index in [0.29, 0.717) is 0 Å². The van der Waals surface area contributed by atoms with Crippen molar-refractivity contribution in [1.82, 2.24) is 4.31 Å². The van der Waals surface area contributed by atoms with Crippen LogP contribution in [0.1, 0.15) is 41.0 Å². The van der Waals surface area contributed by atoms with Crippen LogP contribution in [0.25, 0.3) is 0 Å². The molecule has 0 heterocycles. The van der Waals surface area contributed by atoms with Crippen molar-refractivity contribution in [1.29, 1.82) is 0 Å². The Bertz CT molecular complexity index is 334. The van der Waals surface area contributed by atoms with Crippen LogP contribution in [0.3, 0.4) is 0 Å². The molecule has 0 aliphatic carbocycles. The Morgan fingerprint density at radius 1 is 1.28 bits per heavy atom. The van der Waals surface area contributed by atoms with E-state index in [-0.39, 0.29) is 12.6 Å². The van der Waals surface area contributed by atoms with Crippen molar-refractivity contribution in [2.75, 3.05) is 19.9 Å². The molecule has 2 unspecified atom stereocenters. The van der Waals surface area contributed by atoms with Crippen molar-refractivity contribution in [2.45, 2.75) is 59.0 Å². The van der Waals surface area contributed by atoms with E-state index in [9.17, 15) is 8.42 Å². The molecule has 6 heteroatoms. The second-order valence-electron chi connectivity index (χ2n) is 5.49. The molecular formula is C12H27NO4S. The normalized spacial score (nSPS) is 16.9. The van der Waals surface area contributed by atoms with Gasteiger partial charge in [-0.1, -0.05) is 6.92 Å². The lowest BCUT2D eigenvalue weighted by molar-refractivity contribution is -0.159. The molecule has 5 nitrogen and oxygen atoms in total. The standard InChI is InChI=1S/C12H27NO4S/c1-8-10(2)17-11(16-6)9-13(12(3,4)5)18(7,14)15/h10-11H,8-9H2,1-7H3. The molecule has 18 heavy (non-hydrogen) atoms. The lowest BCUT2D eigenvalue weighted by atomic mass is 10.1. The van der Waals surface area contributed by atoms with Crippen LogP contribution < -0.4 is 0 Å². The molecule has 0 aliphatic rings. The van der Waals surface area contributed by atoms with Gasteiger partial charge in [-0.25, -0.2) is 8.42 Å². The molecule has 0 N–H and O–H groups in total. The highest BCUT2D eigenvalue weighted by Gasteiger charge is 2.32. The van der Waals surface area contributed by atoms with Gasteiger partial charge in [0, 0.05) is 12.6 Å². The lowest BCUT2D eigenvalue weighted by Crippen LogP contribution is -2.49. The van der Waals surface area contributed by atoms with Crippen LogP contribution in [0.4, 0.5) is 0 Å². The molecule has 0 aromatic rings. The van der Waals surface area contributed by atoms with E-state index in [0.717, 1.165) is 6.42 Å². The van der Waals surface area contributed by atoms with Gasteiger partial charge in [0.1, 0.15) is 0 Å². The van der Waals surface area contributed by atoms with Crippen LogP contribution in [-0.4, -0.2) is 50.6 Å². The van der Waals surface area contributed by atoms with E-state index in [4.69, 9.17) is 9.47 Å². The van der Waals surface area contributed by atoms with Crippen molar-refractivity contribution < 1.29 is 17.9 Å². The van der Waals surface area contributed by atoms with Crippen molar-refractivity contribution in [3.8, 4) is 0 Å². The van der Waals surface area contributed by atoms with Crippen molar-refractivity contribution >= 4 is 10.0 Å². The zero-order valence-electron chi connectivity index (χ0n) is 12.6. The summed E-state index contributed by atoms with van der Waals surface area (Å²) in [5.41, 5.74) is -0.497. The molecule has 110 valence electrons. The minimum atomic E-state index is -3.30. The lowest BCUT2D eigenvalue weighted by Gasteiger charge is -2.35. The molecule has 0 aromatic heterocycles. The molecule has 0 aliphatic heterocycles. The first-order chi connectivity index (χ1) is 8.02. The van der Waals surface area contributed by atoms with Gasteiger partial charge in [-0.3, -0.25) is 0 Å². The zero-order chi connectivity index (χ0) is 14.6. The van der Waals surface area contributed by atoms with E-state index in [1.165, 1.54) is 17.7 Å². The monoisotopic (exact) mass is 281 g/mol. The van der Waals surface area contributed by atoms with Gasteiger partial charge < -0.3 is 9.47 Å². The molecule has 0 radical (unpaired) electrons. The Morgan fingerprint density at radius 2 is 1.78 bits per heavy atom. The summed E-state index contributed by atoms with van der Waals surface area (Å²) >= 11 is 0. The van der Waals surface area contributed by atoms with Crippen LogP contribution in [0, 0.1) is 0 Å². The van der Waals surface area contributed by atoms with E-state index in [1.807, 2.05) is 34.6 Å². The Morgan fingerprint density at radius 3 is 2.06 bits per heavy atom. The molecular weight excluding hydrogens is 254 g/mol. The summed E-state index contributed by atoms with van der Waals surface area (Å²) in [6, 6.07) is 0. The summed E-state index contributed by atoms with van der Waals surface area (Å²) in [4.78, 5) is 0. The average molecular weight is 281 g/mol. The Hall–Kier alpha value is -0.170. The highest BCUT2D eigenvalue weighted by molar-refractivity contribution is 7.88. The number of rotatable bonds is 7. The first kappa shape index (κ1) is 17.8. The summed E-state index contributed by atoms with van der Waals surface area (Å²) < 4.78 is 35.9. The number of ether oxygens (including phenoxy) is 2. The quantitative estimate of drug-likeness (QED) is 0.668. The second-order valence-corrected chi connectivity index (χ2v) is 7.39. The number of sulfonamides is 1. The topological polar surface area (TPSA) is 55.8 Å². The third kappa shape index (κ3) is 6.13. The van der Waals surface area contributed by atoms with Gasteiger partial charge in [-0.2, -0.15) is 4.31 Å². The van der Waals surface area contributed by atoms with Gasteiger partial charge in [0.15, 0.2) is 6.29 Å². The van der Waals surface area contributed by atoms with E-state index >= 15 is 0 Å². The highest BCUT2D eigenvalue weighted by atomic mass is 32.2. The SMILES string of the molecule is CCC(C)OC(CN(C(C)(C)C)S(C)(=O)=O)OC. The minimum Gasteiger partial charge on any atom is -0.354 e. The van der Waals surface area contributed by atoms with Crippen molar-refractivity contribution in [3.05, 3.63) is 0 Å². The Balaban J connectivity index is 4.86. The summed E-state index contributed by atoms with van der Waals surface area (Å²) in [7, 11) is -1.77. The van der Waals surface area contributed by atoms with E-state index < -0.39 is 21.9 Å². The van der Waals surface area contributed by atoms with Crippen LogP contribution in [-0.2, 0) is 19.5 Å². The largest absolute Gasteiger partial charge is 0.354 e. The predicted octanol–water partition coefficient (Wildman–Crippen LogP) is 1.83. The van der Waals surface area contributed by atoms with E-state index in [1.54, 1.807) is 0 Å². The third-order valence-electron chi connectivity index (χ3n) is 2.69. The predicted molar refractivity (Wildman–Crippen MR) is 72.9 cm³/mol. The average Bonchev–Trinajstić information content (AvgIpc) is 2.19. The van der Waals surface area contributed by atoms with Gasteiger partial charge in [0.05, 0.1) is 18.9 Å². The number of methoxy groups -OCH3 is 1. The van der Waals surface area contributed by atoms with Crippen molar-refractivity contribution in [2.24, 2.45) is 0 Å². The van der Waals surface area contributed by atoms with Crippen molar-refractivity contribution in [3.63, 3.8) is 0 Å². The molecule has 0 saturated carbocycles. The van der Waals surface area contributed by atoms with Gasteiger partial charge in [-0.15, -0.1) is 0 Å². The fraction of sp³-hybridized carbons (Fsp3) is 1.00. The summed E-state index contributed by atoms with van der Waals surface area (Å²) in [6.07, 6.45) is 1.55. The highest BCUT2D eigenvalue weighted by Crippen LogP contribution is 2.19. The van der Waals surface area contributed by atoms with Crippen LogP contribution >= 0.6 is 0 Å². The maximum Gasteiger partial charge on any atom is 0.211 e. The summed E-state index contributed by atoms with van der Waals surface area (Å²) in [5, 5.41) is 0. The summed E-state index contributed by atoms with van der Waals surface area (Å²) in [6.45, 7) is 9.70. The molecule has 0 bridgehead atoms. The smallest absolute Gasteiger partial charge is 0.211 e. The van der Waals surface area contributed by atoms with Gasteiger partial charge in [0.25, 0.3) is 0 Å². The maximum absolute atomic E-state index is 11.8. The van der Waals surface area contributed by atoms with Gasteiger partial charge >= 0.3 is 0 Å². The molecule has 0 rings (SSSR count). The van der Waals surface area contributed by atoms with Crippen LogP contribution in [0.2, 0.25) is 0 Å². The maximum atomic E-state index is 11.8. The first-order valence-corrected chi connectivity index (χ1v) is 8.03.